The molecule has 3 fully saturated rings. The van der Waals surface area contributed by atoms with E-state index >= 15 is 0 Å². The molecule has 3 heterocycles. The molecular formula is C22H23N3O3. The molecule has 0 unspecified atom stereocenters. The molecule has 5 rings (SSSR count). The van der Waals surface area contributed by atoms with Crippen molar-refractivity contribution in [3.8, 4) is 5.75 Å². The number of nitrogens with zero attached hydrogens (tertiary/aromatic N) is 3. The van der Waals surface area contributed by atoms with E-state index in [1.165, 1.54) is 4.90 Å². The third-order valence-corrected chi connectivity index (χ3v) is 6.44. The first kappa shape index (κ1) is 17.4. The first-order valence-electron chi connectivity index (χ1n) is 9.69. The van der Waals surface area contributed by atoms with E-state index in [-0.39, 0.29) is 17.9 Å². The number of ether oxygens (including phenoxy) is 1. The maximum Gasteiger partial charge on any atom is 0.256 e. The summed E-state index contributed by atoms with van der Waals surface area (Å²) in [6.07, 6.45) is 0.996. The van der Waals surface area contributed by atoms with Crippen molar-refractivity contribution < 1.29 is 14.3 Å². The number of methoxy groups -OCH3 is 1. The Labute approximate surface area is 164 Å². The zero-order chi connectivity index (χ0) is 19.5. The highest BCUT2D eigenvalue weighted by Crippen LogP contribution is 2.54. The van der Waals surface area contributed by atoms with Crippen LogP contribution in [0.3, 0.4) is 0 Å². The van der Waals surface area contributed by atoms with Crippen LogP contribution in [0.15, 0.2) is 54.6 Å². The number of carbonyl (C=O) groups is 2. The predicted molar refractivity (Wildman–Crippen MR) is 105 cm³/mol. The Morgan fingerprint density at radius 3 is 2.39 bits per heavy atom. The number of carbonyl (C=O) groups excluding carboxylic acids is 2. The van der Waals surface area contributed by atoms with Crippen LogP contribution in [0.4, 0.5) is 5.69 Å². The van der Waals surface area contributed by atoms with Gasteiger partial charge in [0.1, 0.15) is 11.3 Å². The monoisotopic (exact) mass is 377 g/mol. The van der Waals surface area contributed by atoms with Crippen LogP contribution in [0.2, 0.25) is 0 Å². The van der Waals surface area contributed by atoms with Crippen molar-refractivity contribution in [1.82, 2.24) is 10.0 Å². The van der Waals surface area contributed by atoms with Gasteiger partial charge in [0.2, 0.25) is 5.91 Å². The molecule has 6 heteroatoms. The molecular weight excluding hydrogens is 354 g/mol. The summed E-state index contributed by atoms with van der Waals surface area (Å²) in [5.41, 5.74) is 0.832. The third kappa shape index (κ3) is 2.16. The Hall–Kier alpha value is -2.70. The van der Waals surface area contributed by atoms with Gasteiger partial charge in [-0.1, -0.05) is 30.3 Å². The fourth-order valence-corrected chi connectivity index (χ4v) is 5.13. The Balaban J connectivity index is 1.61. The van der Waals surface area contributed by atoms with Gasteiger partial charge in [-0.2, -0.15) is 0 Å². The molecule has 6 nitrogen and oxygen atoms in total. The summed E-state index contributed by atoms with van der Waals surface area (Å²) in [6.45, 7) is 3.60. The second-order valence-corrected chi connectivity index (χ2v) is 7.80. The molecule has 3 saturated heterocycles. The van der Waals surface area contributed by atoms with E-state index in [0.717, 1.165) is 25.1 Å². The zero-order valence-electron chi connectivity index (χ0n) is 16.0. The number of benzene rings is 2. The van der Waals surface area contributed by atoms with Gasteiger partial charge >= 0.3 is 0 Å². The normalized spacial score (nSPS) is 30.0. The summed E-state index contributed by atoms with van der Waals surface area (Å²) >= 11 is 0. The second-order valence-electron chi connectivity index (χ2n) is 7.80. The highest BCUT2D eigenvalue weighted by atomic mass is 16.5. The van der Waals surface area contributed by atoms with E-state index in [4.69, 9.17) is 4.74 Å². The first-order chi connectivity index (χ1) is 13.6. The second kappa shape index (κ2) is 6.15. The molecule has 2 aromatic rings. The van der Waals surface area contributed by atoms with Crippen LogP contribution in [0, 0.1) is 5.92 Å². The molecule has 2 aromatic carbocycles. The number of fused-ring (bicyclic) bond motifs is 3. The van der Waals surface area contributed by atoms with Gasteiger partial charge in [-0.3, -0.25) is 9.59 Å². The summed E-state index contributed by atoms with van der Waals surface area (Å²) in [4.78, 5) is 28.6. The fourth-order valence-electron chi connectivity index (χ4n) is 5.13. The summed E-state index contributed by atoms with van der Waals surface area (Å²) in [5.74, 6) is 0.00542. The summed E-state index contributed by atoms with van der Waals surface area (Å²) < 4.78 is 5.21. The van der Waals surface area contributed by atoms with Crippen LogP contribution >= 0.6 is 0 Å². The highest BCUT2D eigenvalue weighted by Gasteiger charge is 2.70. The largest absolute Gasteiger partial charge is 0.497 e. The maximum absolute atomic E-state index is 13.6. The minimum atomic E-state index is -0.853. The zero-order valence-corrected chi connectivity index (χ0v) is 16.0. The third-order valence-electron chi connectivity index (χ3n) is 6.44. The van der Waals surface area contributed by atoms with E-state index in [0.29, 0.717) is 11.4 Å². The summed E-state index contributed by atoms with van der Waals surface area (Å²) in [5, 5.41) is 4.38. The SMILES string of the molecule is COc1ccc(N2C(=O)[C@H]3[C@H](c4ccccc4)N4CCCN4[C@]3(C)C2=O)cc1. The van der Waals surface area contributed by atoms with E-state index in [1.807, 2.05) is 25.1 Å². The van der Waals surface area contributed by atoms with Crippen LogP contribution < -0.4 is 9.64 Å². The lowest BCUT2D eigenvalue weighted by atomic mass is 9.81. The van der Waals surface area contributed by atoms with E-state index in [1.54, 1.807) is 31.4 Å². The van der Waals surface area contributed by atoms with Gasteiger partial charge in [-0.05, 0) is 43.2 Å². The number of hydrogen-bond acceptors (Lipinski definition) is 5. The van der Waals surface area contributed by atoms with Crippen LogP contribution in [-0.2, 0) is 9.59 Å². The molecule has 0 spiro atoms. The molecule has 0 radical (unpaired) electrons. The Bertz CT molecular complexity index is 930. The van der Waals surface area contributed by atoms with Crippen LogP contribution in [0.1, 0.15) is 24.9 Å². The minimum absolute atomic E-state index is 0.117. The lowest BCUT2D eigenvalue weighted by Gasteiger charge is -2.33. The Morgan fingerprint density at radius 1 is 1.00 bits per heavy atom. The van der Waals surface area contributed by atoms with Crippen molar-refractivity contribution >= 4 is 17.5 Å². The average Bonchev–Trinajstić information content (AvgIpc) is 3.35. The lowest BCUT2D eigenvalue weighted by Crippen LogP contribution is -2.52. The number of imide groups is 1. The molecule has 0 aromatic heterocycles. The van der Waals surface area contributed by atoms with Crippen LogP contribution in [0.5, 0.6) is 5.75 Å². The first-order valence-corrected chi connectivity index (χ1v) is 9.69. The number of hydrogen-bond donors (Lipinski definition) is 0. The maximum atomic E-state index is 13.6. The summed E-state index contributed by atoms with van der Waals surface area (Å²) in [7, 11) is 1.60. The van der Waals surface area contributed by atoms with E-state index < -0.39 is 11.5 Å². The van der Waals surface area contributed by atoms with Gasteiger partial charge in [0.25, 0.3) is 5.91 Å². The quantitative estimate of drug-likeness (QED) is 0.770. The van der Waals surface area contributed by atoms with Crippen molar-refractivity contribution in [2.24, 2.45) is 5.92 Å². The lowest BCUT2D eigenvalue weighted by molar-refractivity contribution is -0.131. The van der Waals surface area contributed by atoms with Crippen molar-refractivity contribution in [3.05, 3.63) is 60.2 Å². The van der Waals surface area contributed by atoms with E-state index in [9.17, 15) is 9.59 Å². The van der Waals surface area contributed by atoms with Gasteiger partial charge in [0, 0.05) is 13.1 Å². The van der Waals surface area contributed by atoms with Crippen molar-refractivity contribution in [3.63, 3.8) is 0 Å². The topological polar surface area (TPSA) is 53.1 Å². The molecule has 144 valence electrons. The molecule has 3 atom stereocenters. The van der Waals surface area contributed by atoms with Crippen molar-refractivity contribution in [2.75, 3.05) is 25.1 Å². The van der Waals surface area contributed by atoms with Gasteiger partial charge in [0.05, 0.1) is 24.8 Å². The molecule has 0 N–H and O–H groups in total. The predicted octanol–water partition coefficient (Wildman–Crippen LogP) is 2.62. The van der Waals surface area contributed by atoms with Gasteiger partial charge in [-0.25, -0.2) is 14.9 Å². The van der Waals surface area contributed by atoms with Gasteiger partial charge in [0.15, 0.2) is 0 Å². The molecule has 0 saturated carbocycles. The number of anilines is 1. The number of rotatable bonds is 3. The average molecular weight is 377 g/mol. The molecule has 0 aliphatic carbocycles. The van der Waals surface area contributed by atoms with Crippen molar-refractivity contribution in [2.45, 2.75) is 24.9 Å². The Morgan fingerprint density at radius 2 is 1.71 bits per heavy atom. The van der Waals surface area contributed by atoms with Crippen LogP contribution in [-0.4, -0.2) is 47.6 Å². The van der Waals surface area contributed by atoms with Gasteiger partial charge in [-0.15, -0.1) is 0 Å². The fraction of sp³-hybridized carbons (Fsp3) is 0.364. The standard InChI is InChI=1S/C22H23N3O3/c1-22-18(19(15-7-4-3-5-8-15)23-13-6-14-24(22)23)20(26)25(21(22)27)16-9-11-17(28-2)12-10-16/h3-5,7-12,18-19H,6,13-14H2,1-2H3/t18-,19+,22+/m1/s1. The van der Waals surface area contributed by atoms with E-state index in [2.05, 4.69) is 22.2 Å². The van der Waals surface area contributed by atoms with Gasteiger partial charge < -0.3 is 4.74 Å². The highest BCUT2D eigenvalue weighted by molar-refractivity contribution is 6.26. The minimum Gasteiger partial charge on any atom is -0.497 e. The number of amides is 2. The number of hydrazine groups is 1. The van der Waals surface area contributed by atoms with Crippen LogP contribution in [0.25, 0.3) is 0 Å². The molecule has 2 amide bonds. The molecule has 3 aliphatic heterocycles. The van der Waals surface area contributed by atoms with Crippen molar-refractivity contribution in [1.29, 1.82) is 0 Å². The Kier molecular flexibility index (Phi) is 3.82. The summed E-state index contributed by atoms with van der Waals surface area (Å²) in [6, 6.07) is 17.1. The molecule has 3 aliphatic rings. The molecule has 28 heavy (non-hydrogen) atoms. The molecule has 0 bridgehead atoms. The smallest absolute Gasteiger partial charge is 0.256 e.